The number of nitro benzene ring substituents is 2. The SMILES string of the molecule is Cc1cccc([N+](=O)[O-])c1C(=O)OC(=[OH+])c1c(C)cccc1[N+](=O)[O-]. The average Bonchev–Trinajstić information content (AvgIpc) is 2.53. The van der Waals surface area contributed by atoms with Crippen molar-refractivity contribution in [2.45, 2.75) is 13.8 Å². The van der Waals surface area contributed by atoms with Crippen LogP contribution in [0, 0.1) is 34.1 Å². The number of hydrogen-bond acceptors (Lipinski definition) is 6. The highest BCUT2D eigenvalue weighted by atomic mass is 16.6. The lowest BCUT2D eigenvalue weighted by atomic mass is 10.1. The molecule has 0 atom stereocenters. The number of ether oxygens (including phenoxy) is 1. The number of rotatable bonds is 4. The van der Waals surface area contributed by atoms with Gasteiger partial charge in [0.25, 0.3) is 11.4 Å². The molecule has 0 aromatic heterocycles. The van der Waals surface area contributed by atoms with Gasteiger partial charge < -0.3 is 4.79 Å². The Hall–Kier alpha value is -3.62. The summed E-state index contributed by atoms with van der Waals surface area (Å²) in [6.45, 7) is 2.96. The molecule has 0 saturated carbocycles. The second kappa shape index (κ2) is 6.87. The summed E-state index contributed by atoms with van der Waals surface area (Å²) < 4.78 is 4.79. The minimum Gasteiger partial charge on any atom is -0.334 e. The molecule has 2 aromatic carbocycles. The number of aryl methyl sites for hydroxylation is 2. The lowest BCUT2D eigenvalue weighted by molar-refractivity contribution is -0.385. The van der Waals surface area contributed by atoms with Gasteiger partial charge in [0.15, 0.2) is 5.56 Å². The molecule has 0 fully saturated rings. The molecule has 0 aliphatic rings. The molecule has 2 aromatic rings. The molecule has 2 rings (SSSR count). The Morgan fingerprint density at radius 2 is 1.36 bits per heavy atom. The van der Waals surface area contributed by atoms with Crippen molar-refractivity contribution in [1.82, 2.24) is 0 Å². The summed E-state index contributed by atoms with van der Waals surface area (Å²) in [6.07, 6.45) is 0. The van der Waals surface area contributed by atoms with Gasteiger partial charge in [-0.1, -0.05) is 24.3 Å². The lowest BCUT2D eigenvalue weighted by Gasteiger charge is -2.03. The minimum absolute atomic E-state index is 0.267. The van der Waals surface area contributed by atoms with Crippen LogP contribution in [0.15, 0.2) is 36.4 Å². The normalized spacial score (nSPS) is 10.2. The molecule has 0 spiro atoms. The third kappa shape index (κ3) is 3.50. The number of carbonyl (C=O) groups excluding carboxylic acids is 2. The summed E-state index contributed by atoms with van der Waals surface area (Å²) in [4.78, 5) is 43.0. The summed E-state index contributed by atoms with van der Waals surface area (Å²) in [7, 11) is 0. The van der Waals surface area contributed by atoms with Gasteiger partial charge in [-0.05, 0) is 25.0 Å². The van der Waals surface area contributed by atoms with E-state index in [1.165, 1.54) is 38.1 Å². The first kappa shape index (κ1) is 17.7. The first-order valence-electron chi connectivity index (χ1n) is 7.00. The smallest absolute Gasteiger partial charge is 0.334 e. The van der Waals surface area contributed by atoms with Crippen LogP contribution >= 0.6 is 0 Å². The van der Waals surface area contributed by atoms with E-state index >= 15 is 0 Å². The van der Waals surface area contributed by atoms with Crippen LogP contribution in [-0.2, 0) is 4.74 Å². The van der Waals surface area contributed by atoms with Crippen LogP contribution in [-0.4, -0.2) is 26.6 Å². The van der Waals surface area contributed by atoms with E-state index in [0.29, 0.717) is 5.56 Å². The maximum atomic E-state index is 12.3. The number of nitrogens with zero attached hydrogens (tertiary/aromatic N) is 2. The Kier molecular flexibility index (Phi) is 4.87. The molecule has 0 heterocycles. The molecular formula is C16H13N2O7+. The summed E-state index contributed by atoms with van der Waals surface area (Å²) >= 11 is 0. The molecule has 0 aliphatic heterocycles. The van der Waals surface area contributed by atoms with Crippen molar-refractivity contribution >= 4 is 23.3 Å². The van der Waals surface area contributed by atoms with Crippen molar-refractivity contribution in [2.24, 2.45) is 0 Å². The van der Waals surface area contributed by atoms with E-state index in [0.717, 1.165) is 12.1 Å². The molecule has 0 bridgehead atoms. The highest BCUT2D eigenvalue weighted by Crippen LogP contribution is 2.26. The average molecular weight is 345 g/mol. The first-order valence-corrected chi connectivity index (χ1v) is 7.00. The predicted octanol–water partition coefficient (Wildman–Crippen LogP) is 2.83. The summed E-state index contributed by atoms with van der Waals surface area (Å²) in [6, 6.07) is 8.04. The van der Waals surface area contributed by atoms with Crippen LogP contribution in [0.1, 0.15) is 27.0 Å². The third-order valence-electron chi connectivity index (χ3n) is 3.50. The van der Waals surface area contributed by atoms with E-state index in [2.05, 4.69) is 0 Å². The van der Waals surface area contributed by atoms with E-state index in [-0.39, 0.29) is 16.7 Å². The number of carbonyl (C=O) groups is 1. The van der Waals surface area contributed by atoms with Gasteiger partial charge in [-0.15, -0.1) is 0 Å². The van der Waals surface area contributed by atoms with Crippen molar-refractivity contribution in [3.63, 3.8) is 0 Å². The Bertz CT molecular complexity index is 832. The maximum absolute atomic E-state index is 12.3. The Balaban J connectivity index is 2.43. The molecule has 0 saturated heterocycles. The highest BCUT2D eigenvalue weighted by molar-refractivity contribution is 6.07. The zero-order valence-corrected chi connectivity index (χ0v) is 13.3. The fourth-order valence-electron chi connectivity index (χ4n) is 2.34. The second-order valence-corrected chi connectivity index (χ2v) is 5.15. The van der Waals surface area contributed by atoms with E-state index in [1.807, 2.05) is 0 Å². The summed E-state index contributed by atoms with van der Waals surface area (Å²) in [5.74, 6) is -2.17. The highest BCUT2D eigenvalue weighted by Gasteiger charge is 2.36. The van der Waals surface area contributed by atoms with Gasteiger partial charge in [-0.2, -0.15) is 0 Å². The molecule has 1 N–H and O–H groups in total. The molecule has 9 nitrogen and oxygen atoms in total. The zero-order chi connectivity index (χ0) is 18.7. The molecular weight excluding hydrogens is 332 g/mol. The Morgan fingerprint density at radius 1 is 0.920 bits per heavy atom. The van der Waals surface area contributed by atoms with Crippen molar-refractivity contribution < 1.29 is 24.2 Å². The van der Waals surface area contributed by atoms with Crippen LogP contribution in [0.5, 0.6) is 0 Å². The van der Waals surface area contributed by atoms with Crippen LogP contribution in [0.2, 0.25) is 0 Å². The fraction of sp³-hybridized carbons (Fsp3) is 0.125. The van der Waals surface area contributed by atoms with Crippen molar-refractivity contribution in [3.8, 4) is 0 Å². The van der Waals surface area contributed by atoms with Crippen LogP contribution in [0.25, 0.3) is 0 Å². The van der Waals surface area contributed by atoms with Gasteiger partial charge in [-0.25, -0.2) is 9.53 Å². The standard InChI is InChI=1S/C16H12N2O7/c1-9-5-3-7-11(17(21)22)13(9)15(19)25-16(20)14-10(2)6-4-8-12(14)18(23)24/h3-8H,1-2H3/p+1. The monoisotopic (exact) mass is 345 g/mol. The third-order valence-corrected chi connectivity index (χ3v) is 3.50. The Labute approximate surface area is 141 Å². The number of nitro groups is 2. The van der Waals surface area contributed by atoms with Crippen LogP contribution in [0.3, 0.4) is 0 Å². The van der Waals surface area contributed by atoms with Gasteiger partial charge in [0.1, 0.15) is 0 Å². The Morgan fingerprint density at radius 3 is 1.84 bits per heavy atom. The number of benzene rings is 2. The molecule has 0 amide bonds. The van der Waals surface area contributed by atoms with E-state index in [9.17, 15) is 29.8 Å². The molecule has 0 unspecified atom stereocenters. The van der Waals surface area contributed by atoms with Gasteiger partial charge >= 0.3 is 11.9 Å². The minimum atomic E-state index is -1.18. The van der Waals surface area contributed by atoms with Crippen molar-refractivity contribution in [1.29, 1.82) is 0 Å². The predicted molar refractivity (Wildman–Crippen MR) is 87.1 cm³/mol. The molecule has 128 valence electrons. The van der Waals surface area contributed by atoms with Gasteiger partial charge in [0, 0.05) is 12.1 Å². The van der Waals surface area contributed by atoms with E-state index in [4.69, 9.17) is 4.74 Å². The van der Waals surface area contributed by atoms with Crippen molar-refractivity contribution in [3.05, 3.63) is 78.9 Å². The summed E-state index contributed by atoms with van der Waals surface area (Å²) in [5.41, 5.74) is -0.973. The summed E-state index contributed by atoms with van der Waals surface area (Å²) in [5, 5.41) is 22.2. The van der Waals surface area contributed by atoms with Crippen molar-refractivity contribution in [2.75, 3.05) is 0 Å². The second-order valence-electron chi connectivity index (χ2n) is 5.15. The van der Waals surface area contributed by atoms with Crippen LogP contribution in [0.4, 0.5) is 11.4 Å². The lowest BCUT2D eigenvalue weighted by Crippen LogP contribution is -2.18. The molecule has 25 heavy (non-hydrogen) atoms. The van der Waals surface area contributed by atoms with Gasteiger partial charge in [0.2, 0.25) is 5.56 Å². The fourth-order valence-corrected chi connectivity index (χ4v) is 2.34. The molecule has 0 aliphatic carbocycles. The zero-order valence-electron chi connectivity index (χ0n) is 13.3. The van der Waals surface area contributed by atoms with E-state index in [1.54, 1.807) is 0 Å². The van der Waals surface area contributed by atoms with Gasteiger partial charge in [-0.3, -0.25) is 20.2 Å². The molecule has 9 heteroatoms. The quantitative estimate of drug-likeness (QED) is 0.275. The van der Waals surface area contributed by atoms with E-state index < -0.39 is 33.2 Å². The largest absolute Gasteiger partial charge is 0.534 e. The maximum Gasteiger partial charge on any atom is 0.534 e. The molecule has 0 radical (unpaired) electrons. The number of hydrogen-bond donors (Lipinski definition) is 0. The van der Waals surface area contributed by atoms with Gasteiger partial charge in [0.05, 0.1) is 9.85 Å². The number of esters is 2. The first-order chi connectivity index (χ1) is 11.7. The topological polar surface area (TPSA) is 134 Å². The van der Waals surface area contributed by atoms with Crippen LogP contribution < -0.4 is 0 Å².